The molecule has 41 heavy (non-hydrogen) atoms. The van der Waals surface area contributed by atoms with Crippen molar-refractivity contribution < 1.29 is 4.79 Å². The first kappa shape index (κ1) is 30.5. The molecule has 0 aliphatic heterocycles. The molecule has 3 heterocycles. The fraction of sp³-hybridized carbons (Fsp3) is 0.486. The Bertz CT molecular complexity index is 1430. The summed E-state index contributed by atoms with van der Waals surface area (Å²) in [5.74, 6) is 0.910. The number of pyridine rings is 1. The van der Waals surface area contributed by atoms with E-state index < -0.39 is 21.1 Å². The van der Waals surface area contributed by atoms with Crippen molar-refractivity contribution in [3.63, 3.8) is 0 Å². The predicted molar refractivity (Wildman–Crippen MR) is 175 cm³/mol. The molecule has 216 valence electrons. The van der Waals surface area contributed by atoms with E-state index in [1.165, 1.54) is 91.6 Å². The normalized spacial score (nSPS) is 14.0. The summed E-state index contributed by atoms with van der Waals surface area (Å²) in [6.07, 6.45) is 13.6. The van der Waals surface area contributed by atoms with Crippen LogP contribution in [0.5, 0.6) is 0 Å². The van der Waals surface area contributed by atoms with Crippen LogP contribution in [-0.4, -0.2) is 48.0 Å². The third-order valence-electron chi connectivity index (χ3n) is 8.72. The summed E-state index contributed by atoms with van der Waals surface area (Å²) in [6.45, 7) is 10.7. The number of aromatic nitrogens is 2. The Kier molecular flexibility index (Phi) is 10.4. The van der Waals surface area contributed by atoms with Crippen molar-refractivity contribution >= 4 is 46.5 Å². The Labute approximate surface area is 260 Å². The molecule has 0 atom stereocenters. The average Bonchev–Trinajstić information content (AvgIpc) is 3.49. The predicted octanol–water partition coefficient (Wildman–Crippen LogP) is 8.18. The van der Waals surface area contributed by atoms with E-state index in [1.807, 2.05) is 12.4 Å². The number of aryl methyl sites for hydroxylation is 3. The number of aromatic amines is 1. The summed E-state index contributed by atoms with van der Waals surface area (Å²) >= 11 is 0.769. The van der Waals surface area contributed by atoms with Gasteiger partial charge in [-0.15, -0.1) is 0 Å². The van der Waals surface area contributed by atoms with Crippen LogP contribution in [-0.2, 0) is 23.1 Å². The topological polar surface area (TPSA) is 57.8 Å². The third-order valence-corrected chi connectivity index (χ3v) is 14.3. The van der Waals surface area contributed by atoms with Gasteiger partial charge in [0.15, 0.2) is 0 Å². The number of unbranched alkanes of at least 4 members (excludes halogenated alkanes) is 1. The number of hydrogen-bond donors (Lipinski definition) is 2. The molecular formula is C35H45N3OSSn. The molecule has 0 saturated heterocycles. The molecular weight excluding hydrogens is 629 g/mol. The zero-order chi connectivity index (χ0) is 28.8. The number of rotatable bonds is 15. The second-order valence-electron chi connectivity index (χ2n) is 12.5. The van der Waals surface area contributed by atoms with Crippen LogP contribution < -0.4 is 5.32 Å². The summed E-state index contributed by atoms with van der Waals surface area (Å²) in [5, 5.41) is 5.01. The standard InChI is InChI=1S/C29H34N3OS.C6H11.Sn/c1-20-15-21(2)17-23(16-20)27-24(25-18-26(29(3,4)19-33)34-28(25)32-27)10-14-30-11-6-5-7-22-8-12-31-13-9-22;1-2-6-4-3-5-6;/h8-9,12-13,15-18,30,32H,5-7,10-11,14H2,1-4H3;6H,1-5H2;. The molecule has 1 aliphatic rings. The van der Waals surface area contributed by atoms with Crippen LogP contribution in [0.1, 0.15) is 79.5 Å². The van der Waals surface area contributed by atoms with E-state index in [1.54, 1.807) is 11.3 Å². The number of H-pyrrole nitrogens is 1. The molecule has 3 aromatic heterocycles. The van der Waals surface area contributed by atoms with Crippen molar-refractivity contribution in [2.45, 2.75) is 88.9 Å². The number of nitrogens with one attached hydrogen (secondary N) is 2. The quantitative estimate of drug-likeness (QED) is 0.0989. The summed E-state index contributed by atoms with van der Waals surface area (Å²) < 4.78 is 1.75. The zero-order valence-corrected chi connectivity index (χ0v) is 28.9. The first-order valence-corrected chi connectivity index (χ1v) is 19.7. The number of thiophene rings is 1. The molecule has 1 fully saturated rings. The van der Waals surface area contributed by atoms with E-state index in [0.717, 1.165) is 31.8 Å². The van der Waals surface area contributed by atoms with E-state index >= 15 is 0 Å². The van der Waals surface area contributed by atoms with Gasteiger partial charge in [-0.1, -0.05) is 0 Å². The molecule has 1 saturated carbocycles. The van der Waals surface area contributed by atoms with Crippen LogP contribution >= 0.6 is 11.3 Å². The number of carbonyl (C=O) groups is 1. The van der Waals surface area contributed by atoms with Gasteiger partial charge in [0.25, 0.3) is 0 Å². The Morgan fingerprint density at radius 1 is 1.05 bits per heavy atom. The SMILES string of the molecule is Cc1cc(C)cc(-c2[nH]c3sc(C(C)(C)[C](=O)[Sn][CH2]CC4CCC4)cc3c2CCNCCCCc2ccncc2)c1. The number of hydrogen-bond acceptors (Lipinski definition) is 4. The van der Waals surface area contributed by atoms with E-state index in [0.29, 0.717) is 3.80 Å². The monoisotopic (exact) mass is 675 g/mol. The van der Waals surface area contributed by atoms with Crippen molar-refractivity contribution in [1.82, 2.24) is 15.3 Å². The molecule has 4 nitrogen and oxygen atoms in total. The van der Waals surface area contributed by atoms with Gasteiger partial charge in [-0.2, -0.15) is 0 Å². The second kappa shape index (κ2) is 14.0. The fourth-order valence-electron chi connectivity index (χ4n) is 5.94. The Morgan fingerprint density at radius 2 is 1.80 bits per heavy atom. The number of fused-ring (bicyclic) bond motifs is 1. The Hall–Kier alpha value is -1.96. The van der Waals surface area contributed by atoms with Crippen molar-refractivity contribution in [3.8, 4) is 11.3 Å². The van der Waals surface area contributed by atoms with Gasteiger partial charge in [0, 0.05) is 12.4 Å². The zero-order valence-electron chi connectivity index (χ0n) is 25.2. The van der Waals surface area contributed by atoms with Crippen molar-refractivity contribution in [2.24, 2.45) is 5.92 Å². The van der Waals surface area contributed by atoms with Crippen molar-refractivity contribution in [1.29, 1.82) is 0 Å². The van der Waals surface area contributed by atoms with Crippen LogP contribution in [0.4, 0.5) is 0 Å². The maximum absolute atomic E-state index is 13.4. The van der Waals surface area contributed by atoms with Crippen molar-refractivity contribution in [3.05, 3.63) is 75.9 Å². The third kappa shape index (κ3) is 7.71. The summed E-state index contributed by atoms with van der Waals surface area (Å²) in [7, 11) is 0. The van der Waals surface area contributed by atoms with Gasteiger partial charge in [0.1, 0.15) is 0 Å². The van der Waals surface area contributed by atoms with Crippen LogP contribution in [0.2, 0.25) is 4.44 Å². The average molecular weight is 675 g/mol. The molecule has 5 rings (SSSR count). The first-order valence-electron chi connectivity index (χ1n) is 15.4. The molecule has 2 radical (unpaired) electrons. The summed E-state index contributed by atoms with van der Waals surface area (Å²) in [6, 6.07) is 13.4. The fourth-order valence-corrected chi connectivity index (χ4v) is 11.3. The molecule has 0 amide bonds. The Balaban J connectivity index is 1.28. The molecule has 6 heteroatoms. The number of carbonyl (C=O) groups excluding carboxylic acids is 1. The minimum atomic E-state index is -1.03. The van der Waals surface area contributed by atoms with E-state index in [-0.39, 0.29) is 5.41 Å². The molecule has 2 N–H and O–H groups in total. The molecule has 0 unspecified atom stereocenters. The van der Waals surface area contributed by atoms with Gasteiger partial charge < -0.3 is 0 Å². The van der Waals surface area contributed by atoms with Gasteiger partial charge in [0.05, 0.1) is 0 Å². The van der Waals surface area contributed by atoms with Crippen molar-refractivity contribution in [2.75, 3.05) is 13.1 Å². The maximum atomic E-state index is 13.4. The van der Waals surface area contributed by atoms with Gasteiger partial charge in [-0.3, -0.25) is 4.98 Å². The van der Waals surface area contributed by atoms with Gasteiger partial charge in [-0.05, 0) is 24.1 Å². The van der Waals surface area contributed by atoms with Crippen LogP contribution in [0.3, 0.4) is 0 Å². The molecule has 1 aliphatic carbocycles. The molecule has 0 spiro atoms. The van der Waals surface area contributed by atoms with Crippen LogP contribution in [0, 0.1) is 19.8 Å². The molecule has 0 bridgehead atoms. The van der Waals surface area contributed by atoms with E-state index in [9.17, 15) is 4.79 Å². The van der Waals surface area contributed by atoms with Gasteiger partial charge >= 0.3 is 220 Å². The molecule has 1 aromatic carbocycles. The van der Waals surface area contributed by atoms with Crippen LogP contribution in [0.15, 0.2) is 48.8 Å². The van der Waals surface area contributed by atoms with Crippen LogP contribution in [0.25, 0.3) is 21.5 Å². The Morgan fingerprint density at radius 3 is 2.51 bits per heavy atom. The first-order chi connectivity index (χ1) is 19.8. The number of nitrogens with zero attached hydrogens (tertiary/aromatic N) is 1. The summed E-state index contributed by atoms with van der Waals surface area (Å²) in [4.78, 5) is 23.8. The van der Waals surface area contributed by atoms with Gasteiger partial charge in [0.2, 0.25) is 0 Å². The summed E-state index contributed by atoms with van der Waals surface area (Å²) in [5.41, 5.74) is 7.45. The minimum absolute atomic E-state index is 0.374. The second-order valence-corrected chi connectivity index (χ2v) is 17.3. The van der Waals surface area contributed by atoms with E-state index in [2.05, 4.69) is 79.4 Å². The molecule has 4 aromatic rings. The van der Waals surface area contributed by atoms with Gasteiger partial charge in [-0.25, -0.2) is 0 Å². The number of benzene rings is 1. The van der Waals surface area contributed by atoms with E-state index in [4.69, 9.17) is 0 Å².